The van der Waals surface area contributed by atoms with Crippen molar-refractivity contribution in [2.45, 2.75) is 70.8 Å². The van der Waals surface area contributed by atoms with Crippen LogP contribution in [0.4, 0.5) is 0 Å². The first kappa shape index (κ1) is 17.2. The fourth-order valence-corrected chi connectivity index (χ4v) is 100. The van der Waals surface area contributed by atoms with Crippen molar-refractivity contribution in [1.29, 1.82) is 0 Å². The van der Waals surface area contributed by atoms with Crippen LogP contribution in [0, 0.1) is 0 Å². The van der Waals surface area contributed by atoms with E-state index < -0.39 is 28.1 Å². The summed E-state index contributed by atoms with van der Waals surface area (Å²) in [5, 5.41) is 0. The molecule has 1 rings (SSSR count). The van der Waals surface area contributed by atoms with E-state index in [0.29, 0.717) is 0 Å². The predicted octanol–water partition coefficient (Wildman–Crippen LogP) is 5.81. The van der Waals surface area contributed by atoms with E-state index in [4.69, 9.17) is 0 Å². The summed E-state index contributed by atoms with van der Waals surface area (Å²) in [4.78, 5) is 0. The molecule has 0 aromatic heterocycles. The maximum atomic E-state index is 2.79. The van der Waals surface area contributed by atoms with Crippen LogP contribution in [0.2, 0.25) is 15.5 Å². The van der Waals surface area contributed by atoms with Gasteiger partial charge in [-0.3, -0.25) is 0 Å². The summed E-state index contributed by atoms with van der Waals surface area (Å²) in [5.74, 6) is 0. The first-order valence-electron chi connectivity index (χ1n) is 7.37. The molecule has 18 heavy (non-hydrogen) atoms. The quantitative estimate of drug-likeness (QED) is 0.458. The predicted molar refractivity (Wildman–Crippen MR) is 90.2 cm³/mol. The molecule has 0 spiro atoms. The molecule has 0 fully saturated rings. The average molecular weight is 468 g/mol. The van der Waals surface area contributed by atoms with Crippen LogP contribution in [0.5, 0.6) is 0 Å². The van der Waals surface area contributed by atoms with Crippen LogP contribution in [0.15, 0.2) is 20.2 Å². The molecule has 106 valence electrons. The summed E-state index contributed by atoms with van der Waals surface area (Å²) in [5.41, 5.74) is 0. The average Bonchev–Trinajstić information content (AvgIpc) is 2.27. The van der Waals surface area contributed by atoms with Crippen LogP contribution in [0.25, 0.3) is 0 Å². The third-order valence-corrected chi connectivity index (χ3v) is 94.1. The van der Waals surface area contributed by atoms with Gasteiger partial charge < -0.3 is 0 Å². The number of allylic oxidation sites excluding steroid dienone is 2. The summed E-state index contributed by atoms with van der Waals surface area (Å²) < 4.78 is 9.36. The second-order valence-corrected chi connectivity index (χ2v) is 55.7. The zero-order chi connectivity index (χ0) is 14.1. The van der Waals surface area contributed by atoms with Gasteiger partial charge in [0.1, 0.15) is 0 Å². The Labute approximate surface area is 118 Å². The third-order valence-electron chi connectivity index (χ3n) is 4.67. The molecule has 0 bridgehead atoms. The Morgan fingerprint density at radius 2 is 0.722 bits per heavy atom. The molecule has 1 aliphatic heterocycles. The van der Waals surface area contributed by atoms with Gasteiger partial charge in [-0.05, 0) is 0 Å². The Morgan fingerprint density at radius 1 is 0.500 bits per heavy atom. The second kappa shape index (κ2) is 6.26. The van der Waals surface area contributed by atoms with Gasteiger partial charge in [-0.15, -0.1) is 0 Å². The molecule has 0 saturated heterocycles. The molecule has 1 heterocycles. The van der Waals surface area contributed by atoms with E-state index in [1.165, 1.54) is 0 Å². The number of rotatable bonds is 4. The second-order valence-electron chi connectivity index (χ2n) is 6.65. The fourth-order valence-electron chi connectivity index (χ4n) is 4.09. The summed E-state index contributed by atoms with van der Waals surface area (Å²) >= 11 is -4.19. The van der Waals surface area contributed by atoms with Crippen LogP contribution in [-0.4, -0.2) is 28.1 Å². The van der Waals surface area contributed by atoms with Gasteiger partial charge in [0.15, 0.2) is 0 Å². The van der Waals surface area contributed by atoms with E-state index in [0.717, 1.165) is 15.5 Å². The minimum absolute atomic E-state index is 0.945. The van der Waals surface area contributed by atoms with E-state index in [-0.39, 0.29) is 0 Å². The SMILES string of the molecule is C[CH](C)[Sb]1([CH](C)C)=[Sb]([CH](C)C)([CH](C)C)[CH]=CC=[CH]1. The normalized spacial score (nSPS) is 21.6. The van der Waals surface area contributed by atoms with Gasteiger partial charge in [-0.25, -0.2) is 0 Å². The van der Waals surface area contributed by atoms with Gasteiger partial charge in [-0.1, -0.05) is 0 Å². The van der Waals surface area contributed by atoms with E-state index in [9.17, 15) is 0 Å². The topological polar surface area (TPSA) is 0 Å². The van der Waals surface area contributed by atoms with Crippen LogP contribution >= 0.6 is 0 Å². The summed E-state index contributed by atoms with van der Waals surface area (Å²) in [6.45, 7) is 20.2. The summed E-state index contributed by atoms with van der Waals surface area (Å²) in [6, 6.07) is 0. The van der Waals surface area contributed by atoms with E-state index in [1.807, 2.05) is 0 Å². The zero-order valence-corrected chi connectivity index (χ0v) is 18.6. The van der Waals surface area contributed by atoms with Gasteiger partial charge in [0.2, 0.25) is 0 Å². The van der Waals surface area contributed by atoms with Crippen molar-refractivity contribution >= 4 is 28.1 Å². The Bertz CT molecular complexity index is 356. The molecule has 0 unspecified atom stereocenters. The van der Waals surface area contributed by atoms with Crippen molar-refractivity contribution in [3.8, 4) is 0 Å². The number of hydrogen-bond acceptors (Lipinski definition) is 0. The molecule has 0 aliphatic carbocycles. The molecule has 0 radical (unpaired) electrons. The van der Waals surface area contributed by atoms with Gasteiger partial charge in [0.25, 0.3) is 0 Å². The summed E-state index contributed by atoms with van der Waals surface area (Å²) in [7, 11) is 0. The Balaban J connectivity index is 3.92. The van der Waals surface area contributed by atoms with Gasteiger partial charge in [0, 0.05) is 0 Å². The summed E-state index contributed by atoms with van der Waals surface area (Å²) in [6.07, 6.45) is 4.81. The van der Waals surface area contributed by atoms with Gasteiger partial charge >= 0.3 is 119 Å². The van der Waals surface area contributed by atoms with Crippen molar-refractivity contribution < 1.29 is 0 Å². The standard InChI is InChI=1S/C4H4.4C3H7.2Sb/c1-3-4-2;4*1-3-2;;/h1-4H;4*3H,1-2H3;;. The van der Waals surface area contributed by atoms with Crippen LogP contribution in [0.3, 0.4) is 0 Å². The van der Waals surface area contributed by atoms with Crippen molar-refractivity contribution in [3.63, 3.8) is 0 Å². The van der Waals surface area contributed by atoms with Crippen molar-refractivity contribution in [3.05, 3.63) is 20.2 Å². The van der Waals surface area contributed by atoms with Gasteiger partial charge in [0.05, 0.1) is 0 Å². The molecule has 1 aliphatic rings. The van der Waals surface area contributed by atoms with Crippen molar-refractivity contribution in [2.24, 2.45) is 0 Å². The number of hydrogen-bond donors (Lipinski definition) is 0. The third kappa shape index (κ3) is 2.39. The molecule has 0 N–H and O–H groups in total. The van der Waals surface area contributed by atoms with Crippen LogP contribution in [-0.2, 0) is 0 Å². The Morgan fingerprint density at radius 3 is 0.889 bits per heavy atom. The van der Waals surface area contributed by atoms with Gasteiger partial charge in [-0.2, -0.15) is 0 Å². The first-order valence-corrected chi connectivity index (χ1v) is 25.0. The zero-order valence-electron chi connectivity index (χ0n) is 13.5. The van der Waals surface area contributed by atoms with E-state index in [2.05, 4.69) is 75.6 Å². The van der Waals surface area contributed by atoms with Crippen molar-refractivity contribution in [2.75, 3.05) is 0 Å². The van der Waals surface area contributed by atoms with Crippen LogP contribution in [0.1, 0.15) is 55.4 Å². The molecule has 0 amide bonds. The molecular formula is C16H32Sb2. The minimum atomic E-state index is -2.09. The molecular weight excluding hydrogens is 436 g/mol. The maximum absolute atomic E-state index is 2.79. The fraction of sp³-hybridized carbons (Fsp3) is 0.750. The van der Waals surface area contributed by atoms with Crippen LogP contribution < -0.4 is 0 Å². The molecule has 0 aromatic carbocycles. The molecule has 0 aromatic rings. The molecule has 0 saturated carbocycles. The first-order chi connectivity index (χ1) is 8.23. The molecule has 0 nitrogen and oxygen atoms in total. The van der Waals surface area contributed by atoms with Crippen molar-refractivity contribution in [1.82, 2.24) is 0 Å². The Hall–Kier alpha value is 1.12. The Kier molecular flexibility index (Phi) is 5.97. The molecule has 2 heteroatoms. The molecule has 0 atom stereocenters. The van der Waals surface area contributed by atoms with E-state index in [1.54, 1.807) is 0 Å². The monoisotopic (exact) mass is 466 g/mol. The van der Waals surface area contributed by atoms with E-state index >= 15 is 0 Å².